The Labute approximate surface area is 129 Å². The molecule has 21 heavy (non-hydrogen) atoms. The molecular weight excluding hydrogens is 286 g/mol. The summed E-state index contributed by atoms with van der Waals surface area (Å²) in [6, 6.07) is 5.70. The van der Waals surface area contributed by atoms with E-state index in [2.05, 4.69) is 22.4 Å². The summed E-state index contributed by atoms with van der Waals surface area (Å²) in [5.41, 5.74) is 0.923. The average Bonchev–Trinajstić information content (AvgIpc) is 2.99. The van der Waals surface area contributed by atoms with E-state index in [9.17, 15) is 0 Å². The van der Waals surface area contributed by atoms with Gasteiger partial charge in [0.2, 0.25) is 0 Å². The van der Waals surface area contributed by atoms with Crippen LogP contribution in [-0.4, -0.2) is 37.5 Å². The Morgan fingerprint density at radius 2 is 2.05 bits per heavy atom. The first-order valence-electron chi connectivity index (χ1n) is 7.04. The second-order valence-corrected chi connectivity index (χ2v) is 5.59. The van der Waals surface area contributed by atoms with Gasteiger partial charge < -0.3 is 14.8 Å². The zero-order valence-electron chi connectivity index (χ0n) is 12.7. The Morgan fingerprint density at radius 3 is 2.76 bits per heavy atom. The topological polar surface area (TPSA) is 56.3 Å². The summed E-state index contributed by atoms with van der Waals surface area (Å²) in [7, 11) is 3.31. The Morgan fingerprint density at radius 1 is 1.19 bits per heavy atom. The number of aryl methyl sites for hydroxylation is 1. The van der Waals surface area contributed by atoms with Gasteiger partial charge in [-0.15, -0.1) is 10.2 Å². The number of benzene rings is 1. The predicted octanol–water partition coefficient (Wildman–Crippen LogP) is 2.76. The van der Waals surface area contributed by atoms with Crippen molar-refractivity contribution in [3.8, 4) is 22.1 Å². The molecule has 1 heterocycles. The highest BCUT2D eigenvalue weighted by Gasteiger charge is 2.13. The SMILES string of the molecule is CCNCCCc1nnc(-c2cc(OC)ccc2OC)s1. The Balaban J connectivity index is 2.13. The van der Waals surface area contributed by atoms with Crippen LogP contribution < -0.4 is 14.8 Å². The number of hydrogen-bond donors (Lipinski definition) is 1. The maximum absolute atomic E-state index is 5.39. The lowest BCUT2D eigenvalue weighted by Crippen LogP contribution is -2.14. The van der Waals surface area contributed by atoms with Gasteiger partial charge in [0.25, 0.3) is 0 Å². The smallest absolute Gasteiger partial charge is 0.151 e. The molecule has 0 saturated heterocycles. The molecule has 6 heteroatoms. The molecule has 2 rings (SSSR count). The minimum absolute atomic E-state index is 0.783. The molecule has 1 aromatic heterocycles. The second kappa shape index (κ2) is 7.95. The number of nitrogens with zero attached hydrogens (tertiary/aromatic N) is 2. The van der Waals surface area contributed by atoms with Gasteiger partial charge in [-0.1, -0.05) is 18.3 Å². The normalized spacial score (nSPS) is 10.6. The van der Waals surface area contributed by atoms with Gasteiger partial charge >= 0.3 is 0 Å². The number of aromatic nitrogens is 2. The van der Waals surface area contributed by atoms with Crippen molar-refractivity contribution in [1.82, 2.24) is 15.5 Å². The van der Waals surface area contributed by atoms with Gasteiger partial charge in [-0.2, -0.15) is 0 Å². The summed E-state index contributed by atoms with van der Waals surface area (Å²) in [4.78, 5) is 0. The monoisotopic (exact) mass is 307 g/mol. The van der Waals surface area contributed by atoms with Crippen LogP contribution in [-0.2, 0) is 6.42 Å². The van der Waals surface area contributed by atoms with E-state index in [4.69, 9.17) is 9.47 Å². The molecular formula is C15H21N3O2S. The van der Waals surface area contributed by atoms with Crippen molar-refractivity contribution in [2.75, 3.05) is 27.3 Å². The maximum atomic E-state index is 5.39. The third-order valence-electron chi connectivity index (χ3n) is 3.10. The summed E-state index contributed by atoms with van der Waals surface area (Å²) >= 11 is 1.61. The molecule has 2 aromatic rings. The van der Waals surface area contributed by atoms with Gasteiger partial charge in [-0.25, -0.2) is 0 Å². The molecule has 0 spiro atoms. The predicted molar refractivity (Wildman–Crippen MR) is 85.3 cm³/mol. The maximum Gasteiger partial charge on any atom is 0.151 e. The zero-order valence-corrected chi connectivity index (χ0v) is 13.5. The molecule has 0 atom stereocenters. The number of nitrogens with one attached hydrogen (secondary N) is 1. The van der Waals surface area contributed by atoms with E-state index in [1.807, 2.05) is 18.2 Å². The molecule has 0 unspecified atom stereocenters. The molecule has 1 aromatic carbocycles. The molecule has 0 fully saturated rings. The van der Waals surface area contributed by atoms with Crippen LogP contribution in [0.5, 0.6) is 11.5 Å². The first-order chi connectivity index (χ1) is 10.3. The summed E-state index contributed by atoms with van der Waals surface area (Å²) in [5.74, 6) is 1.57. The standard InChI is InChI=1S/C15H21N3O2S/c1-4-16-9-5-6-14-17-18-15(21-14)12-10-11(19-2)7-8-13(12)20-3/h7-8,10,16H,4-6,9H2,1-3H3. The van der Waals surface area contributed by atoms with Crippen LogP contribution in [0, 0.1) is 0 Å². The van der Waals surface area contributed by atoms with Crippen LogP contribution in [0.3, 0.4) is 0 Å². The third kappa shape index (κ3) is 4.15. The third-order valence-corrected chi connectivity index (χ3v) is 4.11. The van der Waals surface area contributed by atoms with Gasteiger partial charge in [0.1, 0.15) is 16.5 Å². The van der Waals surface area contributed by atoms with Crippen molar-refractivity contribution >= 4 is 11.3 Å². The lowest BCUT2D eigenvalue weighted by Gasteiger charge is -2.07. The molecule has 1 N–H and O–H groups in total. The van der Waals surface area contributed by atoms with E-state index in [0.717, 1.165) is 53.0 Å². The Bertz CT molecular complexity index is 572. The van der Waals surface area contributed by atoms with Crippen molar-refractivity contribution in [3.63, 3.8) is 0 Å². The van der Waals surface area contributed by atoms with Crippen molar-refractivity contribution in [2.24, 2.45) is 0 Å². The molecule has 0 aliphatic heterocycles. The highest BCUT2D eigenvalue weighted by Crippen LogP contribution is 2.35. The highest BCUT2D eigenvalue weighted by molar-refractivity contribution is 7.14. The number of rotatable bonds is 8. The summed E-state index contributed by atoms with van der Waals surface area (Å²) in [5, 5.41) is 13.8. The first-order valence-corrected chi connectivity index (χ1v) is 7.85. The van der Waals surface area contributed by atoms with E-state index in [1.165, 1.54) is 0 Å². The second-order valence-electron chi connectivity index (χ2n) is 4.52. The van der Waals surface area contributed by atoms with E-state index in [1.54, 1.807) is 25.6 Å². The summed E-state index contributed by atoms with van der Waals surface area (Å²) in [6.07, 6.45) is 2.01. The number of methoxy groups -OCH3 is 2. The van der Waals surface area contributed by atoms with Crippen molar-refractivity contribution in [3.05, 3.63) is 23.2 Å². The van der Waals surface area contributed by atoms with Crippen LogP contribution in [0.15, 0.2) is 18.2 Å². The van der Waals surface area contributed by atoms with Gasteiger partial charge in [-0.3, -0.25) is 0 Å². The molecule has 0 amide bonds. The summed E-state index contributed by atoms with van der Waals surface area (Å²) < 4.78 is 10.7. The van der Waals surface area contributed by atoms with Crippen molar-refractivity contribution in [2.45, 2.75) is 19.8 Å². The Hall–Kier alpha value is -1.66. The van der Waals surface area contributed by atoms with Gasteiger partial charge in [0.15, 0.2) is 5.01 Å². The largest absolute Gasteiger partial charge is 0.497 e. The lowest BCUT2D eigenvalue weighted by molar-refractivity contribution is 0.404. The zero-order chi connectivity index (χ0) is 15.1. The molecule has 0 aliphatic carbocycles. The lowest BCUT2D eigenvalue weighted by atomic mass is 10.2. The molecule has 5 nitrogen and oxygen atoms in total. The van der Waals surface area contributed by atoms with Crippen LogP contribution in [0.1, 0.15) is 18.4 Å². The van der Waals surface area contributed by atoms with Crippen LogP contribution in [0.25, 0.3) is 10.6 Å². The fourth-order valence-corrected chi connectivity index (χ4v) is 2.89. The van der Waals surface area contributed by atoms with E-state index in [-0.39, 0.29) is 0 Å². The summed E-state index contributed by atoms with van der Waals surface area (Å²) in [6.45, 7) is 4.12. The quantitative estimate of drug-likeness (QED) is 0.760. The van der Waals surface area contributed by atoms with E-state index >= 15 is 0 Å². The molecule has 0 saturated carbocycles. The average molecular weight is 307 g/mol. The van der Waals surface area contributed by atoms with Crippen molar-refractivity contribution < 1.29 is 9.47 Å². The fraction of sp³-hybridized carbons (Fsp3) is 0.467. The minimum atomic E-state index is 0.783. The van der Waals surface area contributed by atoms with Crippen LogP contribution >= 0.6 is 11.3 Å². The van der Waals surface area contributed by atoms with Crippen LogP contribution in [0.2, 0.25) is 0 Å². The van der Waals surface area contributed by atoms with Gasteiger partial charge in [0, 0.05) is 6.42 Å². The molecule has 114 valence electrons. The highest BCUT2D eigenvalue weighted by atomic mass is 32.1. The minimum Gasteiger partial charge on any atom is -0.497 e. The first kappa shape index (κ1) is 15.7. The Kier molecular flexibility index (Phi) is 5.95. The number of hydrogen-bond acceptors (Lipinski definition) is 6. The number of ether oxygens (including phenoxy) is 2. The van der Waals surface area contributed by atoms with E-state index in [0.29, 0.717) is 0 Å². The van der Waals surface area contributed by atoms with Crippen molar-refractivity contribution in [1.29, 1.82) is 0 Å². The van der Waals surface area contributed by atoms with E-state index < -0.39 is 0 Å². The molecule has 0 radical (unpaired) electrons. The molecule has 0 aliphatic rings. The fourth-order valence-electron chi connectivity index (χ4n) is 1.99. The van der Waals surface area contributed by atoms with Gasteiger partial charge in [0.05, 0.1) is 19.8 Å². The molecule has 0 bridgehead atoms. The van der Waals surface area contributed by atoms with Gasteiger partial charge in [-0.05, 0) is 37.7 Å². The van der Waals surface area contributed by atoms with Crippen LogP contribution in [0.4, 0.5) is 0 Å².